The first-order valence-corrected chi connectivity index (χ1v) is 6.46. The molecule has 0 spiro atoms. The molecule has 0 saturated carbocycles. The molecule has 0 fully saturated rings. The number of amides is 1. The predicted octanol–water partition coefficient (Wildman–Crippen LogP) is 0.803. The molecule has 0 atom stereocenters. The lowest BCUT2D eigenvalue weighted by Gasteiger charge is -2.07. The average Bonchev–Trinajstić information content (AvgIpc) is 2.90. The zero-order valence-electron chi connectivity index (χ0n) is 11.2. The van der Waals surface area contributed by atoms with Gasteiger partial charge >= 0.3 is 0 Å². The van der Waals surface area contributed by atoms with E-state index >= 15 is 0 Å². The number of rotatable bonds is 9. The van der Waals surface area contributed by atoms with Gasteiger partial charge in [0.2, 0.25) is 18.0 Å². The molecule has 0 aliphatic heterocycles. The van der Waals surface area contributed by atoms with Crippen molar-refractivity contribution >= 4 is 35.1 Å². The SMILES string of the molecule is [N-]=[N+]=NCCOCCOn1cnc2c(Cl)nc(NC=O)nc21. The largest absolute Gasteiger partial charge is 0.408 e. The first-order valence-electron chi connectivity index (χ1n) is 6.09. The third-order valence-electron chi connectivity index (χ3n) is 2.37. The van der Waals surface area contributed by atoms with Crippen LogP contribution < -0.4 is 10.2 Å². The second-order valence-corrected chi connectivity index (χ2v) is 4.10. The molecule has 11 nitrogen and oxygen atoms in total. The summed E-state index contributed by atoms with van der Waals surface area (Å²) < 4.78 is 6.49. The quantitative estimate of drug-likeness (QED) is 0.180. The van der Waals surface area contributed by atoms with Gasteiger partial charge in [-0.1, -0.05) is 16.7 Å². The Morgan fingerprint density at radius 2 is 2.32 bits per heavy atom. The number of carbonyl (C=O) groups is 1. The normalized spacial score (nSPS) is 10.2. The molecule has 0 aromatic carbocycles. The Balaban J connectivity index is 1.96. The van der Waals surface area contributed by atoms with Crippen molar-refractivity contribution < 1.29 is 14.4 Å². The summed E-state index contributed by atoms with van der Waals surface area (Å²) in [5.74, 6) is 0.0449. The van der Waals surface area contributed by atoms with Crippen LogP contribution in [0.3, 0.4) is 0 Å². The van der Waals surface area contributed by atoms with Crippen molar-refractivity contribution in [2.45, 2.75) is 0 Å². The number of hydrogen-bond donors (Lipinski definition) is 1. The molecule has 0 saturated heterocycles. The number of ether oxygens (including phenoxy) is 1. The molecule has 0 aliphatic rings. The maximum absolute atomic E-state index is 10.4. The lowest BCUT2D eigenvalue weighted by molar-refractivity contribution is -0.105. The van der Waals surface area contributed by atoms with Crippen molar-refractivity contribution in [3.05, 3.63) is 21.9 Å². The number of azide groups is 1. The van der Waals surface area contributed by atoms with Gasteiger partial charge in [-0.25, -0.2) is 4.98 Å². The maximum Gasteiger partial charge on any atom is 0.232 e. The zero-order chi connectivity index (χ0) is 15.8. The van der Waals surface area contributed by atoms with Crippen LogP contribution in [0.5, 0.6) is 0 Å². The summed E-state index contributed by atoms with van der Waals surface area (Å²) in [4.78, 5) is 30.4. The van der Waals surface area contributed by atoms with Crippen molar-refractivity contribution in [1.82, 2.24) is 19.7 Å². The van der Waals surface area contributed by atoms with E-state index in [1.807, 2.05) is 0 Å². The zero-order valence-corrected chi connectivity index (χ0v) is 12.0. The van der Waals surface area contributed by atoms with Crippen LogP contribution in [-0.4, -0.2) is 52.5 Å². The number of halogens is 1. The highest BCUT2D eigenvalue weighted by atomic mass is 35.5. The van der Waals surface area contributed by atoms with E-state index < -0.39 is 0 Å². The fourth-order valence-electron chi connectivity index (χ4n) is 1.50. The third-order valence-corrected chi connectivity index (χ3v) is 2.63. The Kier molecular flexibility index (Phi) is 5.72. The molecule has 2 aromatic rings. The van der Waals surface area contributed by atoms with Gasteiger partial charge in [-0.3, -0.25) is 10.1 Å². The van der Waals surface area contributed by atoms with Gasteiger partial charge in [0.25, 0.3) is 0 Å². The van der Waals surface area contributed by atoms with Crippen molar-refractivity contribution in [3.63, 3.8) is 0 Å². The topological polar surface area (TPSA) is 140 Å². The third kappa shape index (κ3) is 3.95. The fraction of sp³-hybridized carbons (Fsp3) is 0.400. The van der Waals surface area contributed by atoms with E-state index in [0.717, 1.165) is 0 Å². The highest BCUT2D eigenvalue weighted by Gasteiger charge is 2.12. The molecule has 22 heavy (non-hydrogen) atoms. The smallest absolute Gasteiger partial charge is 0.232 e. The number of hydrogen-bond acceptors (Lipinski definition) is 7. The van der Waals surface area contributed by atoms with Gasteiger partial charge < -0.3 is 9.57 Å². The van der Waals surface area contributed by atoms with Gasteiger partial charge in [-0.15, -0.1) is 0 Å². The molecule has 2 rings (SSSR count). The molecule has 116 valence electrons. The van der Waals surface area contributed by atoms with Crippen LogP contribution in [-0.2, 0) is 9.53 Å². The van der Waals surface area contributed by atoms with Crippen LogP contribution in [0.4, 0.5) is 5.95 Å². The minimum Gasteiger partial charge on any atom is -0.408 e. The van der Waals surface area contributed by atoms with E-state index in [2.05, 4.69) is 30.3 Å². The van der Waals surface area contributed by atoms with Crippen LogP contribution in [0.25, 0.3) is 21.6 Å². The highest BCUT2D eigenvalue weighted by Crippen LogP contribution is 2.19. The van der Waals surface area contributed by atoms with Gasteiger partial charge in [-0.05, 0) is 5.53 Å². The molecular weight excluding hydrogens is 316 g/mol. The van der Waals surface area contributed by atoms with Gasteiger partial charge in [0.05, 0.1) is 13.2 Å². The lowest BCUT2D eigenvalue weighted by atomic mass is 10.5. The van der Waals surface area contributed by atoms with E-state index in [0.29, 0.717) is 30.8 Å². The molecule has 2 aromatic heterocycles. The highest BCUT2D eigenvalue weighted by molar-refractivity contribution is 6.33. The molecule has 0 bridgehead atoms. The summed E-state index contributed by atoms with van der Waals surface area (Å²) in [5.41, 5.74) is 8.76. The van der Waals surface area contributed by atoms with Gasteiger partial charge in [0, 0.05) is 11.5 Å². The van der Waals surface area contributed by atoms with Crippen molar-refractivity contribution in [2.75, 3.05) is 31.7 Å². The predicted molar refractivity (Wildman–Crippen MR) is 76.3 cm³/mol. The Labute approximate surface area is 128 Å². The molecule has 0 unspecified atom stereocenters. The first kappa shape index (κ1) is 15.8. The first-order chi connectivity index (χ1) is 10.8. The number of nitrogens with one attached hydrogen (secondary N) is 1. The van der Waals surface area contributed by atoms with Crippen LogP contribution >= 0.6 is 11.6 Å². The van der Waals surface area contributed by atoms with Crippen molar-refractivity contribution in [1.29, 1.82) is 0 Å². The van der Waals surface area contributed by atoms with Gasteiger partial charge in [0.15, 0.2) is 5.15 Å². The number of fused-ring (bicyclic) bond motifs is 1. The van der Waals surface area contributed by atoms with Crippen LogP contribution in [0.2, 0.25) is 5.15 Å². The van der Waals surface area contributed by atoms with Gasteiger partial charge in [-0.2, -0.15) is 14.7 Å². The molecular formula is C10H11ClN8O3. The van der Waals surface area contributed by atoms with Crippen LogP contribution in [0.15, 0.2) is 11.4 Å². The second-order valence-electron chi connectivity index (χ2n) is 3.74. The van der Waals surface area contributed by atoms with E-state index in [1.54, 1.807) is 0 Å². The Bertz CT molecular complexity index is 699. The number of imidazole rings is 1. The number of nitrogens with zero attached hydrogens (tertiary/aromatic N) is 7. The van der Waals surface area contributed by atoms with Gasteiger partial charge in [0.1, 0.15) is 18.5 Å². The summed E-state index contributed by atoms with van der Waals surface area (Å²) in [6.07, 6.45) is 1.83. The summed E-state index contributed by atoms with van der Waals surface area (Å²) in [6, 6.07) is 0. The van der Waals surface area contributed by atoms with Crippen LogP contribution in [0, 0.1) is 0 Å². The Morgan fingerprint density at radius 1 is 1.45 bits per heavy atom. The number of aromatic nitrogens is 4. The molecule has 1 amide bonds. The Morgan fingerprint density at radius 3 is 3.09 bits per heavy atom. The van der Waals surface area contributed by atoms with Crippen molar-refractivity contribution in [3.8, 4) is 0 Å². The molecule has 12 heteroatoms. The van der Waals surface area contributed by atoms with Crippen LogP contribution in [0.1, 0.15) is 0 Å². The summed E-state index contributed by atoms with van der Waals surface area (Å²) in [6.45, 7) is 1.08. The second kappa shape index (κ2) is 7.98. The van der Waals surface area contributed by atoms with E-state index in [9.17, 15) is 4.79 Å². The summed E-state index contributed by atoms with van der Waals surface area (Å²) in [7, 11) is 0. The standard InChI is InChI=1S/C10H11ClN8O3/c11-8-7-9(17-10(16-8)14-6-20)19(5-13-7)22-4-3-21-2-1-15-18-12/h5-6H,1-4H2,(H,14,16,17,20). The number of carbonyl (C=O) groups excluding carboxylic acids is 1. The minimum absolute atomic E-state index is 0.0449. The minimum atomic E-state index is 0.0449. The van der Waals surface area contributed by atoms with E-state index in [4.69, 9.17) is 26.7 Å². The lowest BCUT2D eigenvalue weighted by Crippen LogP contribution is -2.17. The molecule has 0 radical (unpaired) electrons. The summed E-state index contributed by atoms with van der Waals surface area (Å²) >= 11 is 5.94. The summed E-state index contributed by atoms with van der Waals surface area (Å²) in [5, 5.41) is 5.73. The monoisotopic (exact) mass is 326 g/mol. The maximum atomic E-state index is 10.4. The fourth-order valence-corrected chi connectivity index (χ4v) is 1.72. The Hall–Kier alpha value is -2.62. The molecule has 2 heterocycles. The number of anilines is 1. The van der Waals surface area contributed by atoms with Crippen molar-refractivity contribution in [2.24, 2.45) is 5.11 Å². The van der Waals surface area contributed by atoms with E-state index in [-0.39, 0.29) is 24.3 Å². The average molecular weight is 327 g/mol. The molecule has 1 N–H and O–H groups in total. The van der Waals surface area contributed by atoms with E-state index in [1.165, 1.54) is 11.1 Å². The molecule has 0 aliphatic carbocycles.